The number of nitrogens with zero attached hydrogens (tertiary/aromatic N) is 6. The van der Waals surface area contributed by atoms with Crippen LogP contribution in [0.1, 0.15) is 159 Å². The summed E-state index contributed by atoms with van der Waals surface area (Å²) >= 11 is 0. The Hall–Kier alpha value is -2.37. The molecule has 0 aliphatic heterocycles. The second-order valence-corrected chi connectivity index (χ2v) is 12.1. The summed E-state index contributed by atoms with van der Waals surface area (Å²) in [4.78, 5) is 0. The van der Waals surface area contributed by atoms with Gasteiger partial charge in [0.1, 0.15) is 0 Å². The van der Waals surface area contributed by atoms with E-state index in [1.54, 1.807) is 0 Å². The number of aryl methyl sites for hydroxylation is 2. The molecule has 0 spiro atoms. The molecule has 0 aliphatic rings. The van der Waals surface area contributed by atoms with Crippen molar-refractivity contribution < 1.29 is 0 Å². The third kappa shape index (κ3) is 8.86. The van der Waals surface area contributed by atoms with Gasteiger partial charge in [-0.05, 0) is 104 Å². The first-order valence-corrected chi connectivity index (χ1v) is 14.2. The molecule has 0 atom stereocenters. The van der Waals surface area contributed by atoms with Gasteiger partial charge in [-0.3, -0.25) is 14.0 Å². The van der Waals surface area contributed by atoms with E-state index in [4.69, 9.17) is 0 Å². The summed E-state index contributed by atoms with van der Waals surface area (Å²) in [6, 6.07) is 3.57. The van der Waals surface area contributed by atoms with E-state index in [9.17, 15) is 0 Å². The summed E-state index contributed by atoms with van der Waals surface area (Å²) in [7, 11) is 0. The van der Waals surface area contributed by atoms with Gasteiger partial charge in [0.2, 0.25) is 0 Å². The van der Waals surface area contributed by atoms with E-state index in [-0.39, 0.29) is 0 Å². The predicted octanol–water partition coefficient (Wildman–Crippen LogP) is 9.00. The topological polar surface area (TPSA) is 53.5 Å². The van der Waals surface area contributed by atoms with Gasteiger partial charge in [0.15, 0.2) is 0 Å². The van der Waals surface area contributed by atoms with Crippen LogP contribution in [0.5, 0.6) is 0 Å². The molecule has 6 nitrogen and oxygen atoms in total. The Bertz CT molecular complexity index is 1000. The third-order valence-corrected chi connectivity index (χ3v) is 6.57. The summed E-state index contributed by atoms with van der Waals surface area (Å²) in [5.41, 5.74) is 8.88. The molecule has 0 saturated heterocycles. The Balaban J connectivity index is 0.000000278. The van der Waals surface area contributed by atoms with Crippen molar-refractivity contribution in [3.05, 3.63) is 51.9 Å². The van der Waals surface area contributed by atoms with Crippen molar-refractivity contribution in [1.82, 2.24) is 29.3 Å². The molecule has 0 fully saturated rings. The van der Waals surface area contributed by atoms with E-state index in [2.05, 4.69) is 148 Å². The van der Waals surface area contributed by atoms with Crippen LogP contribution in [0.3, 0.4) is 0 Å². The van der Waals surface area contributed by atoms with E-state index < -0.39 is 0 Å². The zero-order valence-electron chi connectivity index (χ0n) is 26.8. The first kappa shape index (κ1) is 32.7. The number of hydrogen-bond donors (Lipinski definition) is 0. The molecule has 3 heterocycles. The Morgan fingerprint density at radius 2 is 1.08 bits per heavy atom. The Labute approximate surface area is 227 Å². The van der Waals surface area contributed by atoms with E-state index in [0.29, 0.717) is 35.9 Å². The fourth-order valence-corrected chi connectivity index (χ4v) is 4.32. The van der Waals surface area contributed by atoms with Crippen LogP contribution in [0, 0.1) is 27.7 Å². The van der Waals surface area contributed by atoms with Gasteiger partial charge in [0.05, 0.1) is 17.1 Å². The fraction of sp³-hybridized carbons (Fsp3) is 0.710. The quantitative estimate of drug-likeness (QED) is 0.331. The van der Waals surface area contributed by atoms with E-state index in [0.717, 1.165) is 0 Å². The second-order valence-electron chi connectivity index (χ2n) is 12.1. The molecule has 0 saturated carbocycles. The molecule has 37 heavy (non-hydrogen) atoms. The Kier molecular flexibility index (Phi) is 12.3. The summed E-state index contributed by atoms with van der Waals surface area (Å²) in [6.07, 6.45) is 2.12. The molecule has 0 radical (unpaired) electrons. The first-order chi connectivity index (χ1) is 17.0. The van der Waals surface area contributed by atoms with Crippen LogP contribution >= 0.6 is 0 Å². The SMILES string of the molecule is Cc1c(C(C)C)nn(C(C)C)c1C.Cc1cc(C(C)C)nn1C(C)C.Cc1cn(C(C)C)nc1C(C)C. The minimum atomic E-state index is 0.464. The van der Waals surface area contributed by atoms with Gasteiger partial charge in [0.25, 0.3) is 0 Å². The number of hydrogen-bond acceptors (Lipinski definition) is 3. The molecule has 3 aromatic heterocycles. The smallest absolute Gasteiger partial charge is 0.0682 e. The average Bonchev–Trinajstić information content (AvgIpc) is 3.45. The lowest BCUT2D eigenvalue weighted by Crippen LogP contribution is -2.05. The monoisotopic (exact) mass is 512 g/mol. The molecule has 0 aromatic carbocycles. The minimum Gasteiger partial charge on any atom is -0.270 e. The molecule has 3 aromatic rings. The normalized spacial score (nSPS) is 11.6. The van der Waals surface area contributed by atoms with Gasteiger partial charge in [-0.2, -0.15) is 15.3 Å². The van der Waals surface area contributed by atoms with Crippen LogP contribution in [-0.2, 0) is 0 Å². The standard InChI is InChI=1S/C11H20N2.2C10H18N2/c1-7(2)11-9(5)10(6)13(12-11)8(3)4;1-7(2)10-9(5)6-12(11-10)8(3)4;1-7(2)10-6-9(5)12(11-10)8(3)4/h7-8H,1-6H3;2*6-8H,1-5H3. The maximum Gasteiger partial charge on any atom is 0.0682 e. The summed E-state index contributed by atoms with van der Waals surface area (Å²) in [6.45, 7) is 34.6. The van der Waals surface area contributed by atoms with Gasteiger partial charge in [-0.25, -0.2) is 0 Å². The Morgan fingerprint density at radius 3 is 1.32 bits per heavy atom. The van der Waals surface area contributed by atoms with Crippen molar-refractivity contribution in [2.24, 2.45) is 0 Å². The molecule has 0 N–H and O–H groups in total. The largest absolute Gasteiger partial charge is 0.270 e. The van der Waals surface area contributed by atoms with E-state index in [1.165, 1.54) is 39.6 Å². The average molecular weight is 513 g/mol. The third-order valence-electron chi connectivity index (χ3n) is 6.57. The number of aromatic nitrogens is 6. The van der Waals surface area contributed by atoms with Crippen LogP contribution in [0.25, 0.3) is 0 Å². The zero-order valence-corrected chi connectivity index (χ0v) is 26.8. The second kappa shape index (κ2) is 14.0. The van der Waals surface area contributed by atoms with Crippen molar-refractivity contribution in [1.29, 1.82) is 0 Å². The highest BCUT2D eigenvalue weighted by atomic mass is 15.3. The van der Waals surface area contributed by atoms with Crippen molar-refractivity contribution in [2.75, 3.05) is 0 Å². The molecule has 0 amide bonds. The lowest BCUT2D eigenvalue weighted by atomic mass is 10.1. The molecule has 0 bridgehead atoms. The van der Waals surface area contributed by atoms with E-state index >= 15 is 0 Å². The highest BCUT2D eigenvalue weighted by Crippen LogP contribution is 2.22. The lowest BCUT2D eigenvalue weighted by molar-refractivity contribution is 0.510. The molecule has 3 rings (SSSR count). The minimum absolute atomic E-state index is 0.464. The van der Waals surface area contributed by atoms with Crippen LogP contribution in [0.4, 0.5) is 0 Å². The van der Waals surface area contributed by atoms with Crippen molar-refractivity contribution in [3.8, 4) is 0 Å². The molecular formula is C31H56N6. The van der Waals surface area contributed by atoms with Crippen LogP contribution in [-0.4, -0.2) is 29.3 Å². The maximum absolute atomic E-state index is 4.62. The fourth-order valence-electron chi connectivity index (χ4n) is 4.32. The Morgan fingerprint density at radius 1 is 0.568 bits per heavy atom. The molecular weight excluding hydrogens is 456 g/mol. The van der Waals surface area contributed by atoms with Crippen LogP contribution < -0.4 is 0 Å². The number of rotatable bonds is 6. The van der Waals surface area contributed by atoms with Gasteiger partial charge >= 0.3 is 0 Å². The van der Waals surface area contributed by atoms with Crippen LogP contribution in [0.2, 0.25) is 0 Å². The highest BCUT2D eigenvalue weighted by molar-refractivity contribution is 5.26. The molecule has 0 aliphatic carbocycles. The van der Waals surface area contributed by atoms with E-state index in [1.807, 2.05) is 4.68 Å². The van der Waals surface area contributed by atoms with Crippen molar-refractivity contribution in [2.45, 2.75) is 147 Å². The maximum atomic E-state index is 4.62. The first-order valence-electron chi connectivity index (χ1n) is 14.2. The molecule has 210 valence electrons. The van der Waals surface area contributed by atoms with Crippen LogP contribution in [0.15, 0.2) is 12.3 Å². The van der Waals surface area contributed by atoms with Gasteiger partial charge in [-0.1, -0.05) is 41.5 Å². The van der Waals surface area contributed by atoms with Crippen molar-refractivity contribution >= 4 is 0 Å². The van der Waals surface area contributed by atoms with Gasteiger partial charge < -0.3 is 0 Å². The highest BCUT2D eigenvalue weighted by Gasteiger charge is 2.14. The lowest BCUT2D eigenvalue weighted by Gasteiger charge is -2.07. The molecule has 6 heteroatoms. The summed E-state index contributed by atoms with van der Waals surface area (Å²) in [5.74, 6) is 1.59. The molecule has 0 unspecified atom stereocenters. The van der Waals surface area contributed by atoms with Crippen molar-refractivity contribution in [3.63, 3.8) is 0 Å². The summed E-state index contributed by atoms with van der Waals surface area (Å²) < 4.78 is 6.23. The van der Waals surface area contributed by atoms with Gasteiger partial charge in [-0.15, -0.1) is 0 Å². The van der Waals surface area contributed by atoms with Gasteiger partial charge in [0, 0.05) is 35.7 Å². The zero-order chi connectivity index (χ0) is 28.8. The summed E-state index contributed by atoms with van der Waals surface area (Å²) in [5, 5.41) is 13.7. The predicted molar refractivity (Wildman–Crippen MR) is 159 cm³/mol.